The molecule has 0 fully saturated rings. The van der Waals surface area contributed by atoms with Gasteiger partial charge in [-0.1, -0.05) is 22.9 Å². The minimum atomic E-state index is -0.298. The highest BCUT2D eigenvalue weighted by Crippen LogP contribution is 2.28. The Labute approximate surface area is 145 Å². The quantitative estimate of drug-likeness (QED) is 0.582. The summed E-state index contributed by atoms with van der Waals surface area (Å²) in [4.78, 5) is 20.7. The number of anilines is 1. The summed E-state index contributed by atoms with van der Waals surface area (Å²) in [5.41, 5.74) is 2.72. The molecule has 4 rings (SSSR count). The van der Waals surface area contributed by atoms with Crippen LogP contribution in [0.2, 0.25) is 5.02 Å². The molecule has 1 aromatic carbocycles. The molecule has 1 amide bonds. The predicted molar refractivity (Wildman–Crippen MR) is 94.4 cm³/mol. The van der Waals surface area contributed by atoms with Crippen molar-refractivity contribution in [3.05, 3.63) is 59.5 Å². The van der Waals surface area contributed by atoms with Gasteiger partial charge in [-0.25, -0.2) is 4.98 Å². The number of H-pyrrole nitrogens is 1. The number of nitrogens with one attached hydrogen (secondary N) is 2. The van der Waals surface area contributed by atoms with E-state index >= 15 is 0 Å². The van der Waals surface area contributed by atoms with Crippen LogP contribution in [0.3, 0.4) is 0 Å². The standard InChI is InChI=1S/C16H10ClN5OS/c17-10-1-2-11-14(7-10)24-16(19-11)20-15(23)13-8-12(21-22-13)9-3-5-18-6-4-9/h1-8H,(H,21,22)(H,19,20,23). The molecule has 24 heavy (non-hydrogen) atoms. The van der Waals surface area contributed by atoms with Crippen molar-refractivity contribution in [1.29, 1.82) is 0 Å². The molecule has 0 radical (unpaired) electrons. The van der Waals surface area contributed by atoms with Crippen molar-refractivity contribution < 1.29 is 4.79 Å². The molecule has 0 bridgehead atoms. The maximum absolute atomic E-state index is 12.3. The largest absolute Gasteiger partial charge is 0.296 e. The van der Waals surface area contributed by atoms with Gasteiger partial charge in [-0.3, -0.25) is 20.2 Å². The lowest BCUT2D eigenvalue weighted by Gasteiger charge is -1.97. The van der Waals surface area contributed by atoms with Crippen LogP contribution in [-0.4, -0.2) is 26.1 Å². The lowest BCUT2D eigenvalue weighted by molar-refractivity contribution is 0.102. The van der Waals surface area contributed by atoms with E-state index < -0.39 is 0 Å². The topological polar surface area (TPSA) is 83.6 Å². The van der Waals surface area contributed by atoms with E-state index in [2.05, 4.69) is 25.5 Å². The highest BCUT2D eigenvalue weighted by atomic mass is 35.5. The Balaban J connectivity index is 1.56. The average molecular weight is 356 g/mol. The van der Waals surface area contributed by atoms with E-state index in [-0.39, 0.29) is 5.91 Å². The fourth-order valence-corrected chi connectivity index (χ4v) is 3.36. The second-order valence-electron chi connectivity index (χ2n) is 4.99. The van der Waals surface area contributed by atoms with Gasteiger partial charge in [0, 0.05) is 23.0 Å². The van der Waals surface area contributed by atoms with Gasteiger partial charge in [0.15, 0.2) is 5.13 Å². The van der Waals surface area contributed by atoms with Crippen molar-refractivity contribution in [3.63, 3.8) is 0 Å². The molecule has 3 heterocycles. The number of nitrogens with zero attached hydrogens (tertiary/aromatic N) is 3. The number of benzene rings is 1. The predicted octanol–water partition coefficient (Wildman–Crippen LogP) is 3.99. The summed E-state index contributed by atoms with van der Waals surface area (Å²) >= 11 is 7.33. The normalized spacial score (nSPS) is 10.9. The molecule has 0 atom stereocenters. The molecular formula is C16H10ClN5OS. The summed E-state index contributed by atoms with van der Waals surface area (Å²) in [5.74, 6) is -0.298. The average Bonchev–Trinajstić information content (AvgIpc) is 3.22. The van der Waals surface area contributed by atoms with Gasteiger partial charge in [-0.05, 0) is 36.4 Å². The van der Waals surface area contributed by atoms with E-state index in [1.165, 1.54) is 11.3 Å². The van der Waals surface area contributed by atoms with E-state index in [4.69, 9.17) is 11.6 Å². The van der Waals surface area contributed by atoms with Gasteiger partial charge >= 0.3 is 0 Å². The minimum absolute atomic E-state index is 0.298. The van der Waals surface area contributed by atoms with Crippen molar-refractivity contribution in [3.8, 4) is 11.3 Å². The second kappa shape index (κ2) is 6.03. The van der Waals surface area contributed by atoms with Gasteiger partial charge in [0.05, 0.1) is 15.9 Å². The SMILES string of the molecule is O=C(Nc1nc2ccc(Cl)cc2s1)c1cc(-c2ccncc2)n[nH]1. The van der Waals surface area contributed by atoms with E-state index in [1.807, 2.05) is 24.3 Å². The fraction of sp³-hybridized carbons (Fsp3) is 0. The molecule has 8 heteroatoms. The molecule has 118 valence electrons. The van der Waals surface area contributed by atoms with E-state index in [0.29, 0.717) is 21.5 Å². The number of aromatic amines is 1. The number of aromatic nitrogens is 4. The first-order valence-corrected chi connectivity index (χ1v) is 8.22. The van der Waals surface area contributed by atoms with Gasteiger partial charge in [0.2, 0.25) is 0 Å². The molecule has 4 aromatic rings. The van der Waals surface area contributed by atoms with Crippen LogP contribution >= 0.6 is 22.9 Å². The Hall–Kier alpha value is -2.77. The number of halogens is 1. The first-order valence-electron chi connectivity index (χ1n) is 7.02. The van der Waals surface area contributed by atoms with Crippen LogP contribution in [0.4, 0.5) is 5.13 Å². The molecule has 0 aliphatic rings. The monoisotopic (exact) mass is 355 g/mol. The molecule has 0 saturated carbocycles. The van der Waals surface area contributed by atoms with Crippen LogP contribution in [0.5, 0.6) is 0 Å². The molecular weight excluding hydrogens is 346 g/mol. The maximum Gasteiger partial charge on any atom is 0.275 e. The number of amides is 1. The number of carbonyl (C=O) groups excluding carboxylic acids is 1. The number of hydrogen-bond acceptors (Lipinski definition) is 5. The van der Waals surface area contributed by atoms with Gasteiger partial charge in [-0.15, -0.1) is 0 Å². The Morgan fingerprint density at radius 2 is 2.00 bits per heavy atom. The molecule has 2 N–H and O–H groups in total. The van der Waals surface area contributed by atoms with Gasteiger partial charge in [-0.2, -0.15) is 5.10 Å². The summed E-state index contributed by atoms with van der Waals surface area (Å²) in [6.07, 6.45) is 3.35. The Bertz CT molecular complexity index is 1030. The number of thiazole rings is 1. The number of pyridine rings is 1. The van der Waals surface area contributed by atoms with Gasteiger partial charge in [0.25, 0.3) is 5.91 Å². The van der Waals surface area contributed by atoms with Crippen LogP contribution in [0.15, 0.2) is 48.8 Å². The minimum Gasteiger partial charge on any atom is -0.296 e. The summed E-state index contributed by atoms with van der Waals surface area (Å²) in [6.45, 7) is 0. The first-order chi connectivity index (χ1) is 11.7. The zero-order valence-electron chi connectivity index (χ0n) is 12.2. The summed E-state index contributed by atoms with van der Waals surface area (Å²) in [6, 6.07) is 10.8. The number of rotatable bonds is 3. The van der Waals surface area contributed by atoms with E-state index in [9.17, 15) is 4.79 Å². The highest BCUT2D eigenvalue weighted by molar-refractivity contribution is 7.22. The third-order valence-electron chi connectivity index (χ3n) is 3.37. The number of hydrogen-bond donors (Lipinski definition) is 2. The zero-order chi connectivity index (χ0) is 16.5. The maximum atomic E-state index is 12.3. The van der Waals surface area contributed by atoms with Crippen molar-refractivity contribution >= 4 is 44.2 Å². The van der Waals surface area contributed by atoms with E-state index in [1.54, 1.807) is 24.5 Å². The van der Waals surface area contributed by atoms with Crippen LogP contribution in [0, 0.1) is 0 Å². The van der Waals surface area contributed by atoms with Crippen molar-refractivity contribution in [1.82, 2.24) is 20.2 Å². The van der Waals surface area contributed by atoms with E-state index in [0.717, 1.165) is 15.8 Å². The third-order valence-corrected chi connectivity index (χ3v) is 4.54. The van der Waals surface area contributed by atoms with Crippen LogP contribution < -0.4 is 5.32 Å². The summed E-state index contributed by atoms with van der Waals surface area (Å²) in [5, 5.41) is 10.8. The van der Waals surface area contributed by atoms with Crippen LogP contribution in [-0.2, 0) is 0 Å². The highest BCUT2D eigenvalue weighted by Gasteiger charge is 2.13. The van der Waals surface area contributed by atoms with Crippen molar-refractivity contribution in [2.45, 2.75) is 0 Å². The lowest BCUT2D eigenvalue weighted by Crippen LogP contribution is -2.11. The van der Waals surface area contributed by atoms with Gasteiger partial charge < -0.3 is 0 Å². The smallest absolute Gasteiger partial charge is 0.275 e. The number of fused-ring (bicyclic) bond motifs is 1. The Morgan fingerprint density at radius 1 is 1.17 bits per heavy atom. The molecule has 0 unspecified atom stereocenters. The number of carbonyl (C=O) groups is 1. The molecule has 0 aliphatic heterocycles. The molecule has 6 nitrogen and oxygen atoms in total. The molecule has 0 spiro atoms. The van der Waals surface area contributed by atoms with Crippen LogP contribution in [0.1, 0.15) is 10.5 Å². The molecule has 0 aliphatic carbocycles. The summed E-state index contributed by atoms with van der Waals surface area (Å²) < 4.78 is 0.917. The van der Waals surface area contributed by atoms with Crippen molar-refractivity contribution in [2.24, 2.45) is 0 Å². The fourth-order valence-electron chi connectivity index (χ4n) is 2.22. The second-order valence-corrected chi connectivity index (χ2v) is 6.46. The molecule has 0 saturated heterocycles. The van der Waals surface area contributed by atoms with Crippen molar-refractivity contribution in [2.75, 3.05) is 5.32 Å². The van der Waals surface area contributed by atoms with Crippen LogP contribution in [0.25, 0.3) is 21.5 Å². The third kappa shape index (κ3) is 2.86. The van der Waals surface area contributed by atoms with Gasteiger partial charge in [0.1, 0.15) is 5.69 Å². The summed E-state index contributed by atoms with van der Waals surface area (Å²) in [7, 11) is 0. The molecule has 3 aromatic heterocycles. The Morgan fingerprint density at radius 3 is 2.83 bits per heavy atom. The zero-order valence-corrected chi connectivity index (χ0v) is 13.7. The Kier molecular flexibility index (Phi) is 3.72. The first kappa shape index (κ1) is 14.8. The lowest BCUT2D eigenvalue weighted by atomic mass is 10.2.